The normalized spacial score (nSPS) is 16.2. The van der Waals surface area contributed by atoms with Crippen molar-refractivity contribution < 1.29 is 0 Å². The van der Waals surface area contributed by atoms with Gasteiger partial charge in [0.1, 0.15) is 0 Å². The van der Waals surface area contributed by atoms with Gasteiger partial charge in [-0.05, 0) is 12.0 Å². The second-order valence-electron chi connectivity index (χ2n) is 2.16. The molecule has 0 saturated heterocycles. The van der Waals surface area contributed by atoms with Crippen molar-refractivity contribution in [3.63, 3.8) is 0 Å². The molecule has 0 aliphatic heterocycles. The molecule has 1 nitrogen and oxygen atoms in total. The number of rotatable bonds is 3. The predicted octanol–water partition coefficient (Wildman–Crippen LogP) is 2.13. The Bertz CT molecular complexity index is 197. The third-order valence-corrected chi connectivity index (χ3v) is 1.29. The molecule has 0 amide bonds. The summed E-state index contributed by atoms with van der Waals surface area (Å²) in [4.78, 5) is 4.12. The van der Waals surface area contributed by atoms with Gasteiger partial charge in [-0.2, -0.15) is 0 Å². The fourth-order valence-electron chi connectivity index (χ4n) is 0.804. The molecule has 1 aliphatic carbocycles. The van der Waals surface area contributed by atoms with Crippen molar-refractivity contribution in [1.82, 2.24) is 0 Å². The molecule has 52 valence electrons. The number of hydrogen-bond donors (Lipinski definition) is 0. The highest BCUT2D eigenvalue weighted by molar-refractivity contribution is 5.80. The maximum atomic E-state index is 4.12. The Balaban J connectivity index is 2.32. The molecule has 0 bridgehead atoms. The van der Waals surface area contributed by atoms with E-state index in [0.29, 0.717) is 0 Å². The summed E-state index contributed by atoms with van der Waals surface area (Å²) in [7, 11) is 0. The fraction of sp³-hybridized carbons (Fsp3) is 0.222. The molecule has 0 unspecified atom stereocenters. The van der Waals surface area contributed by atoms with Crippen LogP contribution in [0.15, 0.2) is 41.4 Å². The Labute approximate surface area is 61.5 Å². The summed E-state index contributed by atoms with van der Waals surface area (Å²) in [6.45, 7) is 4.30. The first-order chi connectivity index (χ1) is 4.93. The Morgan fingerprint density at radius 1 is 1.70 bits per heavy atom. The topological polar surface area (TPSA) is 12.4 Å². The van der Waals surface area contributed by atoms with Gasteiger partial charge in [-0.3, -0.25) is 4.99 Å². The first-order valence-electron chi connectivity index (χ1n) is 3.40. The monoisotopic (exact) mass is 133 g/mol. The molecule has 1 aliphatic rings. The van der Waals surface area contributed by atoms with Gasteiger partial charge in [-0.15, -0.1) is 6.58 Å². The van der Waals surface area contributed by atoms with Crippen LogP contribution >= 0.6 is 0 Å². The molecule has 0 atom stereocenters. The maximum Gasteiger partial charge on any atom is 0.0567 e. The highest BCUT2D eigenvalue weighted by Crippen LogP contribution is 2.06. The number of allylic oxidation sites excluding steroid dienone is 4. The lowest BCUT2D eigenvalue weighted by atomic mass is 10.3. The van der Waals surface area contributed by atoms with E-state index in [1.807, 2.05) is 6.21 Å². The average molecular weight is 133 g/mol. The van der Waals surface area contributed by atoms with Crippen LogP contribution in [0.5, 0.6) is 0 Å². The van der Waals surface area contributed by atoms with E-state index in [0.717, 1.165) is 13.0 Å². The minimum Gasteiger partial charge on any atom is -0.289 e. The lowest BCUT2D eigenvalue weighted by Crippen LogP contribution is -1.80. The van der Waals surface area contributed by atoms with E-state index >= 15 is 0 Å². The summed E-state index contributed by atoms with van der Waals surface area (Å²) in [5, 5.41) is 0. The summed E-state index contributed by atoms with van der Waals surface area (Å²) in [5.74, 6) is 0. The second-order valence-corrected chi connectivity index (χ2v) is 2.16. The Hall–Kier alpha value is -1.11. The molecule has 0 radical (unpaired) electrons. The molecule has 0 spiro atoms. The molecule has 1 heteroatoms. The van der Waals surface area contributed by atoms with Crippen LogP contribution < -0.4 is 0 Å². The van der Waals surface area contributed by atoms with Gasteiger partial charge in [-0.1, -0.05) is 24.3 Å². The van der Waals surface area contributed by atoms with Crippen LogP contribution in [0.3, 0.4) is 0 Å². The highest BCUT2D eigenvalue weighted by Gasteiger charge is 1.92. The molecule has 0 aromatic rings. The van der Waals surface area contributed by atoms with Gasteiger partial charge in [0.25, 0.3) is 0 Å². The van der Waals surface area contributed by atoms with Crippen molar-refractivity contribution in [1.29, 1.82) is 0 Å². The smallest absolute Gasteiger partial charge is 0.0567 e. The van der Waals surface area contributed by atoms with Crippen LogP contribution in [0.2, 0.25) is 0 Å². The Kier molecular flexibility index (Phi) is 2.68. The van der Waals surface area contributed by atoms with E-state index in [9.17, 15) is 0 Å². The minimum atomic E-state index is 0.720. The Morgan fingerprint density at radius 3 is 3.20 bits per heavy atom. The average Bonchev–Trinajstić information content (AvgIpc) is 2.41. The minimum absolute atomic E-state index is 0.720. The Morgan fingerprint density at radius 2 is 2.60 bits per heavy atom. The molecule has 0 aromatic heterocycles. The molecule has 1 rings (SSSR count). The molecule has 0 aromatic carbocycles. The standard InChI is InChI=1S/C9H11N/c1-2-7-10-8-9-5-3-4-6-9/h2-5,8H,1,6-7H2. The number of nitrogens with zero attached hydrogens (tertiary/aromatic N) is 1. The van der Waals surface area contributed by atoms with Crippen LogP contribution in [0.4, 0.5) is 0 Å². The van der Waals surface area contributed by atoms with Crippen LogP contribution in [0.25, 0.3) is 0 Å². The number of hydrogen-bond acceptors (Lipinski definition) is 1. The summed E-state index contributed by atoms with van der Waals surface area (Å²) < 4.78 is 0. The van der Waals surface area contributed by atoms with Gasteiger partial charge in [0, 0.05) is 6.21 Å². The quantitative estimate of drug-likeness (QED) is 0.413. The zero-order valence-corrected chi connectivity index (χ0v) is 5.96. The SMILES string of the molecule is C=CCN=CC1=CC=CC1. The zero-order valence-electron chi connectivity index (χ0n) is 5.96. The predicted molar refractivity (Wildman–Crippen MR) is 45.4 cm³/mol. The third-order valence-electron chi connectivity index (χ3n) is 1.29. The van der Waals surface area contributed by atoms with Gasteiger partial charge in [0.05, 0.1) is 6.54 Å². The van der Waals surface area contributed by atoms with Crippen LogP contribution in [-0.2, 0) is 0 Å². The van der Waals surface area contributed by atoms with Crippen molar-refractivity contribution in [2.24, 2.45) is 4.99 Å². The maximum absolute atomic E-state index is 4.12. The van der Waals surface area contributed by atoms with E-state index in [-0.39, 0.29) is 0 Å². The molecule has 0 fully saturated rings. The van der Waals surface area contributed by atoms with Crippen LogP contribution in [-0.4, -0.2) is 12.8 Å². The van der Waals surface area contributed by atoms with Crippen molar-refractivity contribution in [2.45, 2.75) is 6.42 Å². The second kappa shape index (κ2) is 3.83. The lowest BCUT2D eigenvalue weighted by molar-refractivity contribution is 1.25. The summed E-state index contributed by atoms with van der Waals surface area (Å²) in [6, 6.07) is 0. The van der Waals surface area contributed by atoms with Crippen molar-refractivity contribution >= 4 is 6.21 Å². The lowest BCUT2D eigenvalue weighted by Gasteiger charge is -1.87. The van der Waals surface area contributed by atoms with E-state index < -0.39 is 0 Å². The summed E-state index contributed by atoms with van der Waals surface area (Å²) in [6.07, 6.45) is 11.0. The summed E-state index contributed by atoms with van der Waals surface area (Å²) >= 11 is 0. The molecule has 10 heavy (non-hydrogen) atoms. The van der Waals surface area contributed by atoms with Crippen molar-refractivity contribution in [2.75, 3.05) is 6.54 Å². The summed E-state index contributed by atoms with van der Waals surface area (Å²) in [5.41, 5.74) is 1.28. The molecule has 0 heterocycles. The van der Waals surface area contributed by atoms with E-state index in [4.69, 9.17) is 0 Å². The first kappa shape index (κ1) is 7.00. The van der Waals surface area contributed by atoms with Crippen molar-refractivity contribution in [3.8, 4) is 0 Å². The van der Waals surface area contributed by atoms with Gasteiger partial charge >= 0.3 is 0 Å². The van der Waals surface area contributed by atoms with Crippen LogP contribution in [0.1, 0.15) is 6.42 Å². The molecule has 0 N–H and O–H groups in total. The zero-order chi connectivity index (χ0) is 7.23. The third kappa shape index (κ3) is 2.02. The molecular formula is C9H11N. The van der Waals surface area contributed by atoms with E-state index in [1.54, 1.807) is 6.08 Å². The highest BCUT2D eigenvalue weighted by atomic mass is 14.7. The van der Waals surface area contributed by atoms with E-state index in [2.05, 4.69) is 29.8 Å². The molecule has 0 saturated carbocycles. The van der Waals surface area contributed by atoms with Crippen LogP contribution in [0, 0.1) is 0 Å². The largest absolute Gasteiger partial charge is 0.289 e. The first-order valence-corrected chi connectivity index (χ1v) is 3.40. The van der Waals surface area contributed by atoms with Crippen molar-refractivity contribution in [3.05, 3.63) is 36.5 Å². The van der Waals surface area contributed by atoms with Gasteiger partial charge in [0.15, 0.2) is 0 Å². The van der Waals surface area contributed by atoms with Gasteiger partial charge in [-0.25, -0.2) is 0 Å². The fourth-order valence-corrected chi connectivity index (χ4v) is 0.804. The van der Waals surface area contributed by atoms with Gasteiger partial charge < -0.3 is 0 Å². The van der Waals surface area contributed by atoms with Gasteiger partial charge in [0.2, 0.25) is 0 Å². The number of aliphatic imine (C=N–C) groups is 1. The van der Waals surface area contributed by atoms with E-state index in [1.165, 1.54) is 5.57 Å². The molecular weight excluding hydrogens is 122 g/mol.